The first kappa shape index (κ1) is 31.1. The molecular weight excluding hydrogens is 407 g/mol. The lowest BCUT2D eigenvalue weighted by Crippen LogP contribution is -2.14. The largest absolute Gasteiger partial charge is 0.474 e. The molecule has 0 heterocycles. The summed E-state index contributed by atoms with van der Waals surface area (Å²) >= 11 is 0. The Morgan fingerprint density at radius 2 is 1.10 bits per heavy atom. The van der Waals surface area contributed by atoms with Crippen molar-refractivity contribution >= 4 is 7.82 Å². The van der Waals surface area contributed by atoms with Crippen LogP contribution in [0.5, 0.6) is 0 Å². The Morgan fingerprint density at radius 3 is 1.55 bits per heavy atom. The van der Waals surface area contributed by atoms with E-state index in [0.717, 1.165) is 44.4 Å². The first-order valence-corrected chi connectivity index (χ1v) is 14.9. The average Bonchev–Trinajstić information content (AvgIpc) is 2.75. The van der Waals surface area contributed by atoms with Gasteiger partial charge in [-0.1, -0.05) is 112 Å². The van der Waals surface area contributed by atoms with Crippen LogP contribution in [0.1, 0.15) is 131 Å². The van der Waals surface area contributed by atoms with Crippen molar-refractivity contribution in [2.75, 3.05) is 19.8 Å². The molecule has 2 unspecified atom stereocenters. The van der Waals surface area contributed by atoms with Crippen LogP contribution in [0.25, 0.3) is 0 Å². The Hall–Kier alpha value is 0.110. The predicted molar refractivity (Wildman–Crippen MR) is 135 cm³/mol. The van der Waals surface area contributed by atoms with E-state index in [4.69, 9.17) is 13.6 Å². The Balaban J connectivity index is 4.54. The normalized spacial score (nSPS) is 15.8. The quantitative estimate of drug-likeness (QED) is 0.112. The van der Waals surface area contributed by atoms with E-state index in [0.29, 0.717) is 31.7 Å². The summed E-state index contributed by atoms with van der Waals surface area (Å²) in [5.74, 6) is 1.63. The van der Waals surface area contributed by atoms with Crippen LogP contribution in [-0.4, -0.2) is 19.8 Å². The standard InChI is InChI=1S/C26H55O4P/c1-7-11-19-25(9-3)22-29-31(27,30-23-26(10-4)20-12-8-2)28-21-17-15-13-14-16-18-24(5)6/h24-26H,7-23H2,1-6H3. The molecule has 0 aromatic carbocycles. The Kier molecular flexibility index (Phi) is 20.8. The second-order valence-corrected chi connectivity index (χ2v) is 11.3. The summed E-state index contributed by atoms with van der Waals surface area (Å²) in [4.78, 5) is 0. The van der Waals surface area contributed by atoms with Crippen LogP contribution in [0.3, 0.4) is 0 Å². The highest BCUT2D eigenvalue weighted by Crippen LogP contribution is 2.50. The first-order chi connectivity index (χ1) is 14.9. The average molecular weight is 463 g/mol. The zero-order chi connectivity index (χ0) is 23.4. The van der Waals surface area contributed by atoms with Gasteiger partial charge in [-0.3, -0.25) is 13.6 Å². The van der Waals surface area contributed by atoms with Gasteiger partial charge in [0.15, 0.2) is 0 Å². The molecule has 0 aliphatic rings. The Bertz CT molecular complexity index is 404. The van der Waals surface area contributed by atoms with Crippen molar-refractivity contribution < 1.29 is 18.1 Å². The molecule has 0 fully saturated rings. The lowest BCUT2D eigenvalue weighted by Gasteiger charge is -2.23. The smallest absolute Gasteiger partial charge is 0.287 e. The summed E-state index contributed by atoms with van der Waals surface area (Å²) in [6.07, 6.45) is 16.1. The number of unbranched alkanes of at least 4 members (excludes halogenated alkanes) is 6. The fourth-order valence-electron chi connectivity index (χ4n) is 3.66. The molecule has 0 saturated carbocycles. The molecule has 5 heteroatoms. The third-order valence-electron chi connectivity index (χ3n) is 6.20. The van der Waals surface area contributed by atoms with Crippen LogP contribution in [0, 0.1) is 17.8 Å². The lowest BCUT2D eigenvalue weighted by molar-refractivity contribution is 0.0832. The second kappa shape index (κ2) is 20.7. The fourth-order valence-corrected chi connectivity index (χ4v) is 5.03. The van der Waals surface area contributed by atoms with Crippen LogP contribution >= 0.6 is 7.82 Å². The SMILES string of the molecule is CCCCC(CC)COP(=O)(OCCCCCCCC(C)C)OCC(CC)CCCC. The molecule has 0 saturated heterocycles. The molecule has 0 aliphatic carbocycles. The van der Waals surface area contributed by atoms with E-state index in [2.05, 4.69) is 41.5 Å². The molecule has 4 nitrogen and oxygen atoms in total. The maximum Gasteiger partial charge on any atom is 0.474 e. The van der Waals surface area contributed by atoms with Gasteiger partial charge in [0.1, 0.15) is 0 Å². The molecule has 0 aromatic rings. The number of hydrogen-bond acceptors (Lipinski definition) is 4. The zero-order valence-electron chi connectivity index (χ0n) is 21.8. The molecule has 0 N–H and O–H groups in total. The van der Waals surface area contributed by atoms with Crippen molar-refractivity contribution in [2.45, 2.75) is 131 Å². The van der Waals surface area contributed by atoms with Gasteiger partial charge in [-0.2, -0.15) is 0 Å². The predicted octanol–water partition coefficient (Wildman–Crippen LogP) is 9.57. The van der Waals surface area contributed by atoms with Crippen molar-refractivity contribution in [1.82, 2.24) is 0 Å². The van der Waals surface area contributed by atoms with Crippen LogP contribution in [0.15, 0.2) is 0 Å². The third kappa shape index (κ3) is 18.2. The summed E-state index contributed by atoms with van der Waals surface area (Å²) in [5.41, 5.74) is 0. The van der Waals surface area contributed by atoms with E-state index in [9.17, 15) is 4.57 Å². The molecule has 0 spiro atoms. The summed E-state index contributed by atoms with van der Waals surface area (Å²) in [6.45, 7) is 14.7. The number of phosphoric ester groups is 1. The van der Waals surface area contributed by atoms with E-state index in [-0.39, 0.29) is 0 Å². The second-order valence-electron chi connectivity index (χ2n) is 9.66. The van der Waals surface area contributed by atoms with Crippen LogP contribution in [-0.2, 0) is 18.1 Å². The minimum atomic E-state index is -3.49. The summed E-state index contributed by atoms with van der Waals surface area (Å²) in [6, 6.07) is 0. The van der Waals surface area contributed by atoms with E-state index in [1.165, 1.54) is 51.4 Å². The van der Waals surface area contributed by atoms with Crippen molar-refractivity contribution in [1.29, 1.82) is 0 Å². The monoisotopic (exact) mass is 462 g/mol. The van der Waals surface area contributed by atoms with Crippen molar-refractivity contribution in [3.05, 3.63) is 0 Å². The summed E-state index contributed by atoms with van der Waals surface area (Å²) < 4.78 is 30.9. The van der Waals surface area contributed by atoms with Crippen LogP contribution in [0.2, 0.25) is 0 Å². The van der Waals surface area contributed by atoms with Gasteiger partial charge in [0, 0.05) is 0 Å². The number of rotatable bonds is 23. The van der Waals surface area contributed by atoms with Gasteiger partial charge in [0.25, 0.3) is 0 Å². The van der Waals surface area contributed by atoms with Crippen LogP contribution in [0.4, 0.5) is 0 Å². The van der Waals surface area contributed by atoms with Crippen molar-refractivity contribution in [3.63, 3.8) is 0 Å². The first-order valence-electron chi connectivity index (χ1n) is 13.4. The topological polar surface area (TPSA) is 44.8 Å². The van der Waals surface area contributed by atoms with Crippen molar-refractivity contribution in [2.24, 2.45) is 17.8 Å². The third-order valence-corrected chi connectivity index (χ3v) is 7.63. The summed E-state index contributed by atoms with van der Waals surface area (Å²) in [5, 5.41) is 0. The highest BCUT2D eigenvalue weighted by atomic mass is 31.2. The number of hydrogen-bond donors (Lipinski definition) is 0. The van der Waals surface area contributed by atoms with Gasteiger partial charge >= 0.3 is 7.82 Å². The lowest BCUT2D eigenvalue weighted by atomic mass is 10.0. The molecule has 0 amide bonds. The molecular formula is C26H55O4P. The Morgan fingerprint density at radius 1 is 0.613 bits per heavy atom. The molecule has 2 atom stereocenters. The molecule has 0 radical (unpaired) electrons. The molecule has 31 heavy (non-hydrogen) atoms. The van der Waals surface area contributed by atoms with Gasteiger partial charge in [-0.05, 0) is 37.0 Å². The number of phosphoric acid groups is 1. The van der Waals surface area contributed by atoms with Gasteiger partial charge in [0.05, 0.1) is 19.8 Å². The van der Waals surface area contributed by atoms with E-state index in [1.807, 2.05) is 0 Å². The van der Waals surface area contributed by atoms with Gasteiger partial charge in [0.2, 0.25) is 0 Å². The fraction of sp³-hybridized carbons (Fsp3) is 1.00. The summed E-state index contributed by atoms with van der Waals surface area (Å²) in [7, 11) is -3.49. The highest BCUT2D eigenvalue weighted by molar-refractivity contribution is 7.48. The molecule has 0 bridgehead atoms. The molecule has 0 aliphatic heterocycles. The minimum Gasteiger partial charge on any atom is -0.287 e. The zero-order valence-corrected chi connectivity index (χ0v) is 22.7. The van der Waals surface area contributed by atoms with Crippen molar-refractivity contribution in [3.8, 4) is 0 Å². The minimum absolute atomic E-state index is 0.420. The van der Waals surface area contributed by atoms with Gasteiger partial charge in [-0.15, -0.1) is 0 Å². The maximum atomic E-state index is 13.3. The highest BCUT2D eigenvalue weighted by Gasteiger charge is 2.29. The molecule has 188 valence electrons. The molecule has 0 rings (SSSR count). The van der Waals surface area contributed by atoms with E-state index >= 15 is 0 Å². The van der Waals surface area contributed by atoms with Gasteiger partial charge < -0.3 is 0 Å². The maximum absolute atomic E-state index is 13.3. The Labute approximate surface area is 195 Å². The van der Waals surface area contributed by atoms with E-state index < -0.39 is 7.82 Å². The molecule has 0 aromatic heterocycles. The van der Waals surface area contributed by atoms with E-state index in [1.54, 1.807) is 0 Å². The van der Waals surface area contributed by atoms with Gasteiger partial charge in [-0.25, -0.2) is 4.57 Å². The van der Waals surface area contributed by atoms with Crippen LogP contribution < -0.4 is 0 Å².